The first-order valence-corrected chi connectivity index (χ1v) is 7.83. The Bertz CT molecular complexity index is 487. The van der Waals surface area contributed by atoms with Gasteiger partial charge in [0, 0.05) is 19.1 Å². The summed E-state index contributed by atoms with van der Waals surface area (Å²) in [6.45, 7) is 3.30. The second-order valence-electron chi connectivity index (χ2n) is 6.10. The normalized spacial score (nSPS) is 27.3. The number of piperidine rings is 2. The first-order chi connectivity index (χ1) is 10.3. The Kier molecular flexibility index (Phi) is 4.41. The van der Waals surface area contributed by atoms with Gasteiger partial charge in [-0.25, -0.2) is 10.8 Å². The van der Waals surface area contributed by atoms with Crippen LogP contribution in [0.2, 0.25) is 0 Å². The van der Waals surface area contributed by atoms with Crippen LogP contribution >= 0.6 is 0 Å². The summed E-state index contributed by atoms with van der Waals surface area (Å²) < 4.78 is 0. The van der Waals surface area contributed by atoms with Crippen molar-refractivity contribution in [3.63, 3.8) is 0 Å². The number of rotatable bonds is 1. The van der Waals surface area contributed by atoms with E-state index in [0.29, 0.717) is 0 Å². The summed E-state index contributed by atoms with van der Waals surface area (Å²) in [6.07, 6.45) is 3.80. The number of nitrogens with zero attached hydrogens (tertiary/aromatic N) is 3. The summed E-state index contributed by atoms with van der Waals surface area (Å²) in [7, 11) is 2.26. The van der Waals surface area contributed by atoms with Crippen molar-refractivity contribution >= 4 is 11.6 Å². The van der Waals surface area contributed by atoms with Crippen LogP contribution in [0, 0.1) is 5.92 Å². The number of fused-ring (bicyclic) bond motifs is 1. The zero-order chi connectivity index (χ0) is 14.7. The maximum absolute atomic E-state index is 5.71. The van der Waals surface area contributed by atoms with Crippen molar-refractivity contribution in [3.05, 3.63) is 30.3 Å². The molecule has 2 atom stereocenters. The molecule has 0 aliphatic carbocycles. The maximum Gasteiger partial charge on any atom is 0.213 e. The molecule has 3 N–H and O–H groups in total. The van der Waals surface area contributed by atoms with Crippen molar-refractivity contribution in [2.45, 2.75) is 25.3 Å². The van der Waals surface area contributed by atoms with Gasteiger partial charge in [0.05, 0.1) is 5.69 Å². The Balaban J connectivity index is 1.72. The van der Waals surface area contributed by atoms with Crippen LogP contribution in [-0.4, -0.2) is 48.5 Å². The molecule has 1 aromatic carbocycles. The highest BCUT2D eigenvalue weighted by molar-refractivity contribution is 5.82. The first kappa shape index (κ1) is 14.4. The van der Waals surface area contributed by atoms with Crippen LogP contribution in [0.1, 0.15) is 19.3 Å². The number of nitrogens with one attached hydrogen (secondary N) is 1. The second kappa shape index (κ2) is 6.45. The van der Waals surface area contributed by atoms with Gasteiger partial charge in [-0.15, -0.1) is 0 Å². The third kappa shape index (κ3) is 3.19. The topological polar surface area (TPSA) is 56.9 Å². The largest absolute Gasteiger partial charge is 0.341 e. The molecule has 5 heteroatoms. The molecule has 2 unspecified atom stereocenters. The minimum absolute atomic E-state index is 0.728. The lowest BCUT2D eigenvalue weighted by Gasteiger charge is -2.46. The fourth-order valence-electron chi connectivity index (χ4n) is 3.66. The molecule has 2 heterocycles. The van der Waals surface area contributed by atoms with Gasteiger partial charge in [0.15, 0.2) is 0 Å². The van der Waals surface area contributed by atoms with E-state index < -0.39 is 0 Å². The fraction of sp³-hybridized carbons (Fsp3) is 0.562. The molecule has 1 aromatic rings. The van der Waals surface area contributed by atoms with Crippen LogP contribution in [0.3, 0.4) is 0 Å². The fourth-order valence-corrected chi connectivity index (χ4v) is 3.66. The molecule has 2 aliphatic heterocycles. The van der Waals surface area contributed by atoms with E-state index in [0.717, 1.165) is 36.7 Å². The molecule has 2 aliphatic rings. The van der Waals surface area contributed by atoms with Crippen LogP contribution in [0.15, 0.2) is 35.3 Å². The zero-order valence-corrected chi connectivity index (χ0v) is 12.7. The first-order valence-electron chi connectivity index (χ1n) is 7.83. The third-order valence-corrected chi connectivity index (χ3v) is 4.77. The quantitative estimate of drug-likeness (QED) is 0.356. The highest BCUT2D eigenvalue weighted by Crippen LogP contribution is 2.29. The summed E-state index contributed by atoms with van der Waals surface area (Å²) in [5.74, 6) is 7.23. The summed E-state index contributed by atoms with van der Waals surface area (Å²) in [5, 5.41) is 0. The Morgan fingerprint density at radius 1 is 1.24 bits per heavy atom. The van der Waals surface area contributed by atoms with Crippen molar-refractivity contribution in [2.24, 2.45) is 16.8 Å². The minimum Gasteiger partial charge on any atom is -0.341 e. The number of hydrogen-bond donors (Lipinski definition) is 2. The van der Waals surface area contributed by atoms with Crippen LogP contribution in [-0.2, 0) is 0 Å². The van der Waals surface area contributed by atoms with Crippen molar-refractivity contribution in [1.82, 2.24) is 15.2 Å². The smallest absolute Gasteiger partial charge is 0.213 e. The van der Waals surface area contributed by atoms with Gasteiger partial charge in [0.25, 0.3) is 0 Å². The molecule has 2 fully saturated rings. The second-order valence-corrected chi connectivity index (χ2v) is 6.10. The highest BCUT2D eigenvalue weighted by Gasteiger charge is 2.35. The predicted molar refractivity (Wildman–Crippen MR) is 86.2 cm³/mol. The highest BCUT2D eigenvalue weighted by atomic mass is 15.4. The van der Waals surface area contributed by atoms with Gasteiger partial charge in [-0.1, -0.05) is 18.2 Å². The molecule has 5 nitrogen and oxygen atoms in total. The van der Waals surface area contributed by atoms with E-state index in [9.17, 15) is 0 Å². The number of benzene rings is 1. The lowest BCUT2D eigenvalue weighted by Crippen LogP contribution is -2.56. The van der Waals surface area contributed by atoms with Gasteiger partial charge in [-0.05, 0) is 50.9 Å². The molecule has 0 aromatic heterocycles. The Morgan fingerprint density at radius 2 is 2.05 bits per heavy atom. The van der Waals surface area contributed by atoms with E-state index in [2.05, 4.69) is 27.3 Å². The Hall–Kier alpha value is -1.59. The molecule has 114 valence electrons. The van der Waals surface area contributed by atoms with Gasteiger partial charge in [-0.2, -0.15) is 0 Å². The van der Waals surface area contributed by atoms with Crippen molar-refractivity contribution in [2.75, 3.05) is 26.7 Å². The van der Waals surface area contributed by atoms with Gasteiger partial charge in [0.1, 0.15) is 0 Å². The van der Waals surface area contributed by atoms with Gasteiger partial charge < -0.3 is 9.80 Å². The van der Waals surface area contributed by atoms with Crippen LogP contribution in [0.25, 0.3) is 0 Å². The van der Waals surface area contributed by atoms with Crippen molar-refractivity contribution in [3.8, 4) is 0 Å². The Labute approximate surface area is 126 Å². The summed E-state index contributed by atoms with van der Waals surface area (Å²) >= 11 is 0. The minimum atomic E-state index is 0.728. The van der Waals surface area contributed by atoms with Gasteiger partial charge in [-0.3, -0.25) is 5.43 Å². The maximum atomic E-state index is 5.71. The van der Waals surface area contributed by atoms with E-state index in [4.69, 9.17) is 5.84 Å². The van der Waals surface area contributed by atoms with E-state index in [-0.39, 0.29) is 0 Å². The SMILES string of the molecule is CN1CCCC2CN(C(=Nc3ccccc3)NN)CCC21. The molecule has 0 bridgehead atoms. The van der Waals surface area contributed by atoms with Crippen molar-refractivity contribution in [1.29, 1.82) is 0 Å². The Morgan fingerprint density at radius 3 is 2.81 bits per heavy atom. The molecular weight excluding hydrogens is 262 g/mol. The van der Waals surface area contributed by atoms with Crippen LogP contribution < -0.4 is 11.3 Å². The molecule has 0 amide bonds. The third-order valence-electron chi connectivity index (χ3n) is 4.77. The van der Waals surface area contributed by atoms with E-state index >= 15 is 0 Å². The number of para-hydroxylation sites is 1. The average Bonchev–Trinajstić information content (AvgIpc) is 2.53. The van der Waals surface area contributed by atoms with Gasteiger partial charge in [0.2, 0.25) is 5.96 Å². The number of nitrogens with two attached hydrogens (primary N) is 1. The molecule has 3 rings (SSSR count). The van der Waals surface area contributed by atoms with E-state index in [1.165, 1.54) is 25.8 Å². The molecule has 2 saturated heterocycles. The summed E-state index contributed by atoms with van der Waals surface area (Å²) in [6, 6.07) is 10.7. The number of guanidine groups is 1. The van der Waals surface area contributed by atoms with Crippen LogP contribution in [0.4, 0.5) is 5.69 Å². The lowest BCUT2D eigenvalue weighted by atomic mass is 9.84. The molecular formula is C16H25N5. The number of hydrazine groups is 1. The average molecular weight is 287 g/mol. The predicted octanol–water partition coefficient (Wildman–Crippen LogP) is 1.55. The van der Waals surface area contributed by atoms with E-state index in [1.54, 1.807) is 0 Å². The standard InChI is InChI=1S/C16H25N5/c1-20-10-5-6-13-12-21(11-9-15(13)20)16(19-17)18-14-7-3-2-4-8-14/h2-4,7-8,13,15H,5-6,9-12,17H2,1H3,(H,18,19). The molecule has 0 spiro atoms. The summed E-state index contributed by atoms with van der Waals surface area (Å²) in [4.78, 5) is 9.47. The molecule has 0 radical (unpaired) electrons. The molecule has 21 heavy (non-hydrogen) atoms. The summed E-state index contributed by atoms with van der Waals surface area (Å²) in [5.41, 5.74) is 3.73. The van der Waals surface area contributed by atoms with Gasteiger partial charge >= 0.3 is 0 Å². The monoisotopic (exact) mass is 287 g/mol. The van der Waals surface area contributed by atoms with Crippen LogP contribution in [0.5, 0.6) is 0 Å². The number of aliphatic imine (C=N–C) groups is 1. The molecule has 0 saturated carbocycles. The zero-order valence-electron chi connectivity index (χ0n) is 12.7. The van der Waals surface area contributed by atoms with E-state index in [1.807, 2.05) is 30.3 Å². The number of hydrogen-bond acceptors (Lipinski definition) is 3. The lowest BCUT2D eigenvalue weighted by molar-refractivity contribution is 0.0621. The van der Waals surface area contributed by atoms with Crippen molar-refractivity contribution < 1.29 is 0 Å². The number of likely N-dealkylation sites (tertiary alicyclic amines) is 2.